The number of epoxide rings is 1. The fraction of sp³-hybridized carbons (Fsp3) is 0.783. The zero-order valence-electron chi connectivity index (χ0n) is 36.2. The van der Waals surface area contributed by atoms with Gasteiger partial charge in [0.05, 0.1) is 32.0 Å². The van der Waals surface area contributed by atoms with Gasteiger partial charge in [0.1, 0.15) is 12.7 Å². The van der Waals surface area contributed by atoms with Gasteiger partial charge in [0.25, 0.3) is 0 Å². The molecule has 1 saturated heterocycles. The Labute approximate surface area is 351 Å². The van der Waals surface area contributed by atoms with E-state index in [4.69, 9.17) is 23.8 Å². The highest BCUT2D eigenvalue weighted by Crippen LogP contribution is 2.43. The van der Waals surface area contributed by atoms with Crippen LogP contribution in [0.25, 0.3) is 0 Å². The molecule has 1 aliphatic rings. The fourth-order valence-electron chi connectivity index (χ4n) is 6.20. The van der Waals surface area contributed by atoms with E-state index >= 15 is 0 Å². The standard InChI is InChI=1S/C46H81O11P/c1-3-5-7-9-11-12-13-14-15-16-17-18-19-20-23-27-31-35-45(49)53-39-42(40-55-58(51,52)54-38-41(48)37-47)56-46(50)36-32-28-24-21-22-26-30-34-44-43(57-44)33-29-25-10-8-6-4-2/h14-15,21,24-26,29-30,41-44,47-48H,3-13,16-20,22-23,27-28,31-40H2,1-2H3,(H,51,52)/b15-14-,24-21-,29-25-,30-26-/t41-,42+,43?,44?/m0/s1. The number of aliphatic hydroxyl groups excluding tert-OH is 2. The lowest BCUT2D eigenvalue weighted by Crippen LogP contribution is -2.29. The van der Waals surface area contributed by atoms with Gasteiger partial charge in [-0.3, -0.25) is 18.6 Å². The van der Waals surface area contributed by atoms with E-state index in [-0.39, 0.29) is 19.4 Å². The lowest BCUT2D eigenvalue weighted by molar-refractivity contribution is -0.161. The molecule has 58 heavy (non-hydrogen) atoms. The molecule has 0 aromatic rings. The van der Waals surface area contributed by atoms with Crippen LogP contribution in [0, 0.1) is 0 Å². The summed E-state index contributed by atoms with van der Waals surface area (Å²) >= 11 is 0. The number of unbranched alkanes of at least 4 members (excludes halogenated alkanes) is 17. The van der Waals surface area contributed by atoms with Crippen molar-refractivity contribution in [3.8, 4) is 0 Å². The van der Waals surface area contributed by atoms with Crippen molar-refractivity contribution in [1.29, 1.82) is 0 Å². The zero-order valence-corrected chi connectivity index (χ0v) is 37.1. The maximum atomic E-state index is 12.6. The summed E-state index contributed by atoms with van der Waals surface area (Å²) in [6.45, 7) is 2.27. The van der Waals surface area contributed by atoms with Crippen LogP contribution < -0.4 is 0 Å². The number of ether oxygens (including phenoxy) is 3. The highest BCUT2D eigenvalue weighted by Gasteiger charge is 2.36. The van der Waals surface area contributed by atoms with E-state index in [1.54, 1.807) is 0 Å². The molecule has 0 bridgehead atoms. The van der Waals surface area contributed by atoms with E-state index in [1.165, 1.54) is 83.5 Å². The highest BCUT2D eigenvalue weighted by atomic mass is 31.2. The van der Waals surface area contributed by atoms with Gasteiger partial charge in [-0.05, 0) is 77.0 Å². The van der Waals surface area contributed by atoms with Crippen LogP contribution in [0.4, 0.5) is 0 Å². The number of aliphatic hydroxyl groups is 2. The Bertz CT molecular complexity index is 1170. The van der Waals surface area contributed by atoms with E-state index < -0.39 is 51.8 Å². The van der Waals surface area contributed by atoms with Gasteiger partial charge in [-0.1, -0.05) is 140 Å². The van der Waals surface area contributed by atoms with E-state index in [1.807, 2.05) is 12.2 Å². The molecule has 0 spiro atoms. The number of carbonyl (C=O) groups excluding carboxylic acids is 2. The summed E-state index contributed by atoms with van der Waals surface area (Å²) < 4.78 is 38.4. The maximum absolute atomic E-state index is 12.6. The van der Waals surface area contributed by atoms with Crippen LogP contribution in [0.5, 0.6) is 0 Å². The number of carbonyl (C=O) groups is 2. The van der Waals surface area contributed by atoms with Gasteiger partial charge in [0, 0.05) is 12.8 Å². The molecule has 0 aromatic heterocycles. The number of rotatable bonds is 41. The predicted molar refractivity (Wildman–Crippen MR) is 232 cm³/mol. The molecule has 5 atom stereocenters. The van der Waals surface area contributed by atoms with Crippen molar-refractivity contribution >= 4 is 19.8 Å². The SMILES string of the molecule is CCCCC/C=C\CC1OC1C/C=C\C/C=C\CCCC(=O)O[C@H](COC(=O)CCCCCCCCC/C=C\CCCCCCCC)COP(=O)(O)OC[C@@H](O)CO. The van der Waals surface area contributed by atoms with Crippen molar-refractivity contribution in [3.05, 3.63) is 48.6 Å². The first kappa shape index (κ1) is 53.9. The minimum Gasteiger partial charge on any atom is -0.462 e. The molecule has 1 heterocycles. The van der Waals surface area contributed by atoms with E-state index in [2.05, 4.69) is 54.8 Å². The minimum atomic E-state index is -4.64. The van der Waals surface area contributed by atoms with Crippen molar-refractivity contribution in [2.24, 2.45) is 0 Å². The second-order valence-electron chi connectivity index (χ2n) is 15.5. The topological polar surface area (TPSA) is 161 Å². The second-order valence-corrected chi connectivity index (χ2v) is 16.9. The van der Waals surface area contributed by atoms with Crippen LogP contribution in [-0.4, -0.2) is 77.9 Å². The lowest BCUT2D eigenvalue weighted by Gasteiger charge is -2.20. The van der Waals surface area contributed by atoms with Crippen LogP contribution in [0.2, 0.25) is 0 Å². The van der Waals surface area contributed by atoms with E-state index in [9.17, 15) is 24.2 Å². The number of phosphoric ester groups is 1. The van der Waals surface area contributed by atoms with Crippen LogP contribution in [0.15, 0.2) is 48.6 Å². The summed E-state index contributed by atoms with van der Waals surface area (Å²) in [4.78, 5) is 35.0. The first-order chi connectivity index (χ1) is 28.2. The van der Waals surface area contributed by atoms with Crippen molar-refractivity contribution in [2.45, 2.75) is 205 Å². The number of phosphoric acid groups is 1. The van der Waals surface area contributed by atoms with Crippen LogP contribution in [-0.2, 0) is 37.4 Å². The first-order valence-electron chi connectivity index (χ1n) is 22.7. The Balaban J connectivity index is 2.28. The molecular formula is C46H81O11P. The summed E-state index contributed by atoms with van der Waals surface area (Å²) in [5.41, 5.74) is 0. The third-order valence-electron chi connectivity index (χ3n) is 9.86. The Morgan fingerprint density at radius 1 is 0.603 bits per heavy atom. The summed E-state index contributed by atoms with van der Waals surface area (Å²) in [5.74, 6) is -1.00. The largest absolute Gasteiger partial charge is 0.472 e. The quantitative estimate of drug-likeness (QED) is 0.0177. The second kappa shape index (κ2) is 37.9. The molecule has 3 unspecified atom stereocenters. The third kappa shape index (κ3) is 34.7. The molecule has 0 saturated carbocycles. The van der Waals surface area contributed by atoms with Gasteiger partial charge in [-0.2, -0.15) is 0 Å². The van der Waals surface area contributed by atoms with Crippen LogP contribution in [0.3, 0.4) is 0 Å². The number of esters is 2. The smallest absolute Gasteiger partial charge is 0.462 e. The first-order valence-corrected chi connectivity index (χ1v) is 24.2. The van der Waals surface area contributed by atoms with Gasteiger partial charge in [-0.25, -0.2) is 4.57 Å². The number of hydrogen-bond donors (Lipinski definition) is 3. The van der Waals surface area contributed by atoms with Gasteiger partial charge < -0.3 is 29.3 Å². The molecule has 3 N–H and O–H groups in total. The maximum Gasteiger partial charge on any atom is 0.472 e. The van der Waals surface area contributed by atoms with Gasteiger partial charge in [-0.15, -0.1) is 0 Å². The monoisotopic (exact) mass is 841 g/mol. The molecule has 11 nitrogen and oxygen atoms in total. The van der Waals surface area contributed by atoms with Crippen molar-refractivity contribution in [3.63, 3.8) is 0 Å². The van der Waals surface area contributed by atoms with Gasteiger partial charge in [0.15, 0.2) is 6.10 Å². The number of allylic oxidation sites excluding steroid dienone is 6. The van der Waals surface area contributed by atoms with Crippen molar-refractivity contribution in [1.82, 2.24) is 0 Å². The molecule has 0 radical (unpaired) electrons. The average molecular weight is 841 g/mol. The summed E-state index contributed by atoms with van der Waals surface area (Å²) in [6.07, 6.45) is 42.5. The van der Waals surface area contributed by atoms with Gasteiger partial charge >= 0.3 is 19.8 Å². The average Bonchev–Trinajstić information content (AvgIpc) is 3.97. The van der Waals surface area contributed by atoms with Crippen LogP contribution >= 0.6 is 7.82 Å². The number of hydrogen-bond acceptors (Lipinski definition) is 10. The van der Waals surface area contributed by atoms with Crippen molar-refractivity contribution in [2.75, 3.05) is 26.4 Å². The molecule has 1 fully saturated rings. The minimum absolute atomic E-state index is 0.101. The summed E-state index contributed by atoms with van der Waals surface area (Å²) in [7, 11) is -4.64. The Morgan fingerprint density at radius 3 is 1.71 bits per heavy atom. The highest BCUT2D eigenvalue weighted by molar-refractivity contribution is 7.47. The molecule has 336 valence electrons. The van der Waals surface area contributed by atoms with Crippen molar-refractivity contribution < 1.29 is 52.5 Å². The summed E-state index contributed by atoms with van der Waals surface area (Å²) in [6, 6.07) is 0. The molecule has 12 heteroatoms. The Morgan fingerprint density at radius 2 is 1.07 bits per heavy atom. The van der Waals surface area contributed by atoms with Gasteiger partial charge in [0.2, 0.25) is 0 Å². The summed E-state index contributed by atoms with van der Waals surface area (Å²) in [5, 5.41) is 18.4. The van der Waals surface area contributed by atoms with Crippen LogP contribution in [0.1, 0.15) is 181 Å². The molecule has 1 aliphatic heterocycles. The normalized spacial score (nSPS) is 17.7. The molecule has 0 aliphatic carbocycles. The third-order valence-corrected chi connectivity index (χ3v) is 10.8. The van der Waals surface area contributed by atoms with E-state index in [0.717, 1.165) is 51.4 Å². The molecule has 0 aromatic carbocycles. The molecule has 1 rings (SSSR count). The predicted octanol–water partition coefficient (Wildman–Crippen LogP) is 11.1. The molecular weight excluding hydrogens is 759 g/mol. The zero-order chi connectivity index (χ0) is 42.4. The van der Waals surface area contributed by atoms with E-state index in [0.29, 0.717) is 31.5 Å². The fourth-order valence-corrected chi connectivity index (χ4v) is 6.99. The Kier molecular flexibility index (Phi) is 35.2. The molecule has 0 amide bonds. The Hall–Kier alpha value is -2.11. The lowest BCUT2D eigenvalue weighted by atomic mass is 10.1.